The third-order valence-corrected chi connectivity index (χ3v) is 7.42. The van der Waals surface area contributed by atoms with E-state index in [2.05, 4.69) is 10.1 Å². The highest BCUT2D eigenvalue weighted by Gasteiger charge is 2.67. The van der Waals surface area contributed by atoms with E-state index in [1.165, 1.54) is 0 Å². The second-order valence-electron chi connectivity index (χ2n) is 6.57. The molecule has 2 aliphatic heterocycles. The number of rotatable bonds is 8. The molecule has 7 heteroatoms. The number of aliphatic imine (C=N–C) groups is 1. The lowest BCUT2D eigenvalue weighted by atomic mass is 10.00. The van der Waals surface area contributed by atoms with Gasteiger partial charge in [-0.3, -0.25) is 9.56 Å². The van der Waals surface area contributed by atoms with Crippen LogP contribution < -0.4 is 0 Å². The Kier molecular flexibility index (Phi) is 5.19. The summed E-state index contributed by atoms with van der Waals surface area (Å²) in [7, 11) is -3.57. The summed E-state index contributed by atoms with van der Waals surface area (Å²) in [6.45, 7) is 4.14. The molecule has 4 rings (SSSR count). The van der Waals surface area contributed by atoms with Crippen LogP contribution in [0.1, 0.15) is 31.4 Å². The summed E-state index contributed by atoms with van der Waals surface area (Å²) < 4.78 is 25.1. The Morgan fingerprint density at radius 3 is 2.25 bits per heavy atom. The van der Waals surface area contributed by atoms with Crippen LogP contribution in [0.25, 0.3) is 0 Å². The summed E-state index contributed by atoms with van der Waals surface area (Å²) in [5, 5.41) is 3.11. The van der Waals surface area contributed by atoms with Crippen molar-refractivity contribution in [1.29, 1.82) is 0 Å². The van der Waals surface area contributed by atoms with Gasteiger partial charge >= 0.3 is 7.60 Å². The Balaban J connectivity index is 1.64. The van der Waals surface area contributed by atoms with Gasteiger partial charge in [0.1, 0.15) is 5.71 Å². The molecule has 0 aliphatic carbocycles. The van der Waals surface area contributed by atoms with Gasteiger partial charge < -0.3 is 13.9 Å². The van der Waals surface area contributed by atoms with Crippen LogP contribution in [0.15, 0.2) is 70.8 Å². The third kappa shape index (κ3) is 3.12. The molecule has 0 saturated carbocycles. The van der Waals surface area contributed by atoms with Crippen molar-refractivity contribution < 1.29 is 18.5 Å². The van der Waals surface area contributed by atoms with Crippen LogP contribution in [-0.2, 0) is 23.7 Å². The fourth-order valence-electron chi connectivity index (χ4n) is 3.57. The van der Waals surface area contributed by atoms with Crippen molar-refractivity contribution in [2.75, 3.05) is 13.2 Å². The molecule has 2 aromatic carbocycles. The van der Waals surface area contributed by atoms with Gasteiger partial charge in [-0.2, -0.15) is 0 Å². The minimum absolute atomic E-state index is 0.270. The van der Waals surface area contributed by atoms with Crippen molar-refractivity contribution in [2.45, 2.75) is 31.7 Å². The monoisotopic (exact) mass is 398 g/mol. The first-order valence-electron chi connectivity index (χ1n) is 9.47. The van der Waals surface area contributed by atoms with Gasteiger partial charge in [-0.05, 0) is 25.0 Å². The fraction of sp³-hybridized carbons (Fsp3) is 0.333. The topological polar surface area (TPSA) is 69.5 Å². The lowest BCUT2D eigenvalue weighted by molar-refractivity contribution is 0.133. The van der Waals surface area contributed by atoms with E-state index < -0.39 is 12.9 Å². The molecule has 0 saturated heterocycles. The molecule has 0 amide bonds. The van der Waals surface area contributed by atoms with E-state index in [1.807, 2.05) is 60.7 Å². The van der Waals surface area contributed by atoms with Gasteiger partial charge in [0, 0.05) is 6.42 Å². The van der Waals surface area contributed by atoms with Crippen LogP contribution in [0.4, 0.5) is 0 Å². The fourth-order valence-corrected chi connectivity index (χ4v) is 5.82. The Morgan fingerprint density at radius 2 is 1.64 bits per heavy atom. The highest BCUT2D eigenvalue weighted by molar-refractivity contribution is 7.57. The van der Waals surface area contributed by atoms with E-state index in [4.69, 9.17) is 13.9 Å². The van der Waals surface area contributed by atoms with Gasteiger partial charge in [-0.15, -0.1) is 0 Å². The molecule has 0 radical (unpaired) electrons. The molecular weight excluding hydrogens is 375 g/mol. The second kappa shape index (κ2) is 7.63. The quantitative estimate of drug-likeness (QED) is 0.602. The minimum atomic E-state index is -3.57. The van der Waals surface area contributed by atoms with Crippen LogP contribution >= 0.6 is 7.60 Å². The molecule has 2 heterocycles. The van der Waals surface area contributed by atoms with E-state index in [9.17, 15) is 4.57 Å². The van der Waals surface area contributed by atoms with Gasteiger partial charge in [0.25, 0.3) is 0 Å². The molecule has 0 bridgehead atoms. The lowest BCUT2D eigenvalue weighted by Gasteiger charge is -2.26. The minimum Gasteiger partial charge on any atom is -0.386 e. The molecule has 0 spiro atoms. The van der Waals surface area contributed by atoms with Crippen LogP contribution in [0.3, 0.4) is 0 Å². The standard InChI is InChI=1S/C21H23N2O4P/c1-3-25-28(24,26-4-2)21(17-13-9-6-10-14-17)20(22-21)19-15-18(23-27-19)16-11-7-5-8-12-16/h5-14,19H,3-4,15H2,1-2H3. The molecule has 28 heavy (non-hydrogen) atoms. The number of hydrogen-bond donors (Lipinski definition) is 0. The maximum absolute atomic E-state index is 13.8. The maximum atomic E-state index is 13.8. The first-order chi connectivity index (χ1) is 13.6. The molecule has 2 atom stereocenters. The van der Waals surface area contributed by atoms with E-state index in [-0.39, 0.29) is 19.3 Å². The van der Waals surface area contributed by atoms with Crippen LogP contribution in [0.2, 0.25) is 0 Å². The Bertz CT molecular complexity index is 935. The summed E-state index contributed by atoms with van der Waals surface area (Å²) in [4.78, 5) is 10.4. The Morgan fingerprint density at radius 1 is 1.04 bits per heavy atom. The lowest BCUT2D eigenvalue weighted by Crippen LogP contribution is -2.28. The normalized spacial score (nSPS) is 23.7. The molecular formula is C21H23N2O4P. The van der Waals surface area contributed by atoms with Crippen molar-refractivity contribution in [3.8, 4) is 0 Å². The smallest absolute Gasteiger partial charge is 0.368 e. The summed E-state index contributed by atoms with van der Waals surface area (Å²) in [5.74, 6) is 0. The molecule has 2 unspecified atom stereocenters. The van der Waals surface area contributed by atoms with Crippen LogP contribution in [-0.4, -0.2) is 30.7 Å². The zero-order valence-corrected chi connectivity index (χ0v) is 16.8. The summed E-state index contributed by atoms with van der Waals surface area (Å²) in [6.07, 6.45) is 0.181. The van der Waals surface area contributed by atoms with E-state index in [0.29, 0.717) is 12.1 Å². The zero-order chi connectivity index (χ0) is 19.6. The van der Waals surface area contributed by atoms with Gasteiger partial charge in [0.2, 0.25) is 5.28 Å². The number of nitrogens with zero attached hydrogens (tertiary/aromatic N) is 2. The third-order valence-electron chi connectivity index (χ3n) is 4.84. The largest absolute Gasteiger partial charge is 0.386 e. The van der Waals surface area contributed by atoms with Crippen molar-refractivity contribution in [1.82, 2.24) is 0 Å². The summed E-state index contributed by atoms with van der Waals surface area (Å²) >= 11 is 0. The van der Waals surface area contributed by atoms with Crippen LogP contribution in [0.5, 0.6) is 0 Å². The van der Waals surface area contributed by atoms with Crippen molar-refractivity contribution >= 4 is 19.0 Å². The van der Waals surface area contributed by atoms with Gasteiger partial charge in [0.15, 0.2) is 6.10 Å². The van der Waals surface area contributed by atoms with Crippen LogP contribution in [0, 0.1) is 0 Å². The number of hydrogen-bond acceptors (Lipinski definition) is 6. The predicted octanol–water partition coefficient (Wildman–Crippen LogP) is 4.75. The first-order valence-corrected chi connectivity index (χ1v) is 11.0. The maximum Gasteiger partial charge on any atom is 0.368 e. The van der Waals surface area contributed by atoms with Crippen molar-refractivity contribution in [3.63, 3.8) is 0 Å². The van der Waals surface area contributed by atoms with Gasteiger partial charge in [-0.25, -0.2) is 0 Å². The summed E-state index contributed by atoms with van der Waals surface area (Å²) in [5.41, 5.74) is 3.31. The van der Waals surface area contributed by atoms with Crippen molar-refractivity contribution in [2.24, 2.45) is 10.1 Å². The molecule has 0 fully saturated rings. The molecule has 2 aromatic rings. The Labute approximate surface area is 164 Å². The number of benzene rings is 2. The molecule has 2 aliphatic rings. The highest BCUT2D eigenvalue weighted by atomic mass is 31.2. The highest BCUT2D eigenvalue weighted by Crippen LogP contribution is 2.72. The van der Waals surface area contributed by atoms with Crippen molar-refractivity contribution in [3.05, 3.63) is 71.8 Å². The SMILES string of the molecule is CCOP(=O)(OCC)C1(c2ccccc2)N=C1C1CC(c2ccccc2)=NO1. The summed E-state index contributed by atoms with van der Waals surface area (Å²) in [6, 6.07) is 19.4. The first kappa shape index (κ1) is 19.1. The zero-order valence-electron chi connectivity index (χ0n) is 15.9. The molecule has 0 N–H and O–H groups in total. The van der Waals surface area contributed by atoms with E-state index >= 15 is 0 Å². The molecule has 0 aromatic heterocycles. The van der Waals surface area contributed by atoms with E-state index in [1.54, 1.807) is 13.8 Å². The predicted molar refractivity (Wildman–Crippen MR) is 109 cm³/mol. The Hall–Kier alpha value is -2.27. The molecule has 146 valence electrons. The van der Waals surface area contributed by atoms with Gasteiger partial charge in [-0.1, -0.05) is 65.8 Å². The molecule has 6 nitrogen and oxygen atoms in total. The average Bonchev–Trinajstić information content (AvgIpc) is 3.32. The number of oxime groups is 1. The van der Waals surface area contributed by atoms with E-state index in [0.717, 1.165) is 16.8 Å². The second-order valence-corrected chi connectivity index (χ2v) is 8.73. The average molecular weight is 398 g/mol. The van der Waals surface area contributed by atoms with Gasteiger partial charge in [0.05, 0.1) is 18.9 Å².